The van der Waals surface area contributed by atoms with Crippen LogP contribution in [0.1, 0.15) is 198 Å². The van der Waals surface area contributed by atoms with Crippen molar-refractivity contribution in [3.05, 3.63) is 237 Å². The summed E-state index contributed by atoms with van der Waals surface area (Å²) in [6, 6.07) is 57.9. The van der Waals surface area contributed by atoms with Gasteiger partial charge in [0.15, 0.2) is 5.71 Å². The van der Waals surface area contributed by atoms with Crippen LogP contribution in [0, 0.1) is 393 Å². The van der Waals surface area contributed by atoms with Gasteiger partial charge in [-0.05, 0) is 305 Å². The summed E-state index contributed by atoms with van der Waals surface area (Å²) < 4.78 is 4.04. The number of benzene rings is 7. The molecule has 784 valence electrons. The van der Waals surface area contributed by atoms with E-state index >= 15 is 0 Å². The molecule has 5 aliphatic rings. The molecule has 0 atom stereocenters. The number of hydrogen-bond donors (Lipinski definition) is 1. The van der Waals surface area contributed by atoms with Crippen molar-refractivity contribution in [2.45, 2.75) is 103 Å². The summed E-state index contributed by atoms with van der Waals surface area (Å²) >= 11 is 13.7. The normalized spacial score (nSPS) is 12.5. The summed E-state index contributed by atoms with van der Waals surface area (Å²) in [4.78, 5) is 2.02. The Morgan fingerprint density at radius 1 is 0.345 bits per heavy atom. The van der Waals surface area contributed by atoms with Crippen molar-refractivity contribution in [1.82, 2.24) is 0 Å². The average molecular weight is 2100 g/mol. The maximum atomic E-state index is 7.41. The molecule has 8 heteroatoms. The van der Waals surface area contributed by atoms with Gasteiger partial charge in [-0.3, -0.25) is 4.90 Å². The van der Waals surface area contributed by atoms with Crippen molar-refractivity contribution in [3.8, 4) is 393 Å². The molecule has 2 aliphatic carbocycles. The SMILES string of the molecule is C#CC#CC#CC#CC#CC#CC#CC#CC#CC#CC#CN1/C(=C/C=C2\CCCC(/C=C/C3=[N+](C#CC#CC#CC#CC#CC#CC#CC#CC#CC#CC#C)c4ccc5ccccc5c4C3(C)C)=C2Cl)C(C)(C)c2c1ccc1ccccc21.C#CC#CC#CC#CC#CC#CC#CC#CC#CC#CC#C[N+]1=C(C)C(C)(C)c2c1ccc1ccccc21.C=CC1=C(Cl)/C(=C/Nc2ccccc2)CCC1.Cl.[HH].[HH].[HH].[HH].[HH].[HH].[HH].[HH].[HH].[HH].[HH].[HH].[HH].[HH].[HH].[HH].[HH].[HH].[HH].[HH].[HH].[HH].[HH].[HH].[HH].[HH].[HH].[HH].[HH].[HH].[HH].[HH].[HH].[HH].[HH].[HH].[HH].[HH].[HH].[HH].[HH].[HH].[HH].[HH].[HH].[HH].[HH].[HH].[HH].[HH].[HH].[HH].[HH].[HH].[HH].[HH].[HH].[HH].[HH].[HH].[HH].[HH].[HH].[HH].[HH].[HH].[I-]. The summed E-state index contributed by atoms with van der Waals surface area (Å²) in [6.45, 7) is 19.2. The van der Waals surface area contributed by atoms with Gasteiger partial charge in [-0.25, -0.2) is 0 Å². The van der Waals surface area contributed by atoms with E-state index in [-0.39, 0.29) is 136 Å². The highest BCUT2D eigenvalue weighted by molar-refractivity contribution is 6.33. The average Bonchev–Trinajstić information content (AvgIpc) is 1.58. The number of hydrogen-bond acceptors (Lipinski definition) is 2. The lowest BCUT2D eigenvalue weighted by atomic mass is 9.78. The molecule has 4 nitrogen and oxygen atoms in total. The lowest BCUT2D eigenvalue weighted by Gasteiger charge is -2.24. The highest BCUT2D eigenvalue weighted by Crippen LogP contribution is 2.52. The highest BCUT2D eigenvalue weighted by atomic mass is 127. The summed E-state index contributed by atoms with van der Waals surface area (Å²) in [5.74, 6) is 154. The van der Waals surface area contributed by atoms with Crippen molar-refractivity contribution in [1.29, 1.82) is 0 Å². The second-order valence-electron chi connectivity index (χ2n) is 30.1. The minimum Gasteiger partial charge on any atom is -1.00 e. The van der Waals surface area contributed by atoms with E-state index in [0.717, 1.165) is 132 Å². The Balaban J connectivity index is -0.0000000280. The number of nitrogens with one attached hydrogen (secondary N) is 1. The van der Waals surface area contributed by atoms with Crippen molar-refractivity contribution in [2.24, 2.45) is 0 Å². The van der Waals surface area contributed by atoms with Gasteiger partial charge in [-0.1, -0.05) is 159 Å². The smallest absolute Gasteiger partial charge is 0.243 e. The zero-order valence-corrected chi connectivity index (χ0v) is 82.3. The molecule has 7 aromatic carbocycles. The third kappa shape index (κ3) is 31.6. The lowest BCUT2D eigenvalue weighted by molar-refractivity contribution is -0.334. The van der Waals surface area contributed by atoms with Crippen molar-refractivity contribution < 1.29 is 127 Å². The first kappa shape index (κ1) is 107. The molecule has 3 heterocycles. The fraction of sp³-hybridized carbons (Fsp3) is 0.119. The van der Waals surface area contributed by atoms with Gasteiger partial charge >= 0.3 is 0 Å². The van der Waals surface area contributed by atoms with Gasteiger partial charge in [0.2, 0.25) is 29.2 Å². The zero-order chi connectivity index (χ0) is 98.9. The van der Waals surface area contributed by atoms with Crippen LogP contribution in [0.3, 0.4) is 0 Å². The number of terminal acetylenes is 3. The van der Waals surface area contributed by atoms with Crippen LogP contribution in [-0.4, -0.2) is 20.6 Å². The van der Waals surface area contributed by atoms with E-state index < -0.39 is 10.8 Å². The summed E-state index contributed by atoms with van der Waals surface area (Å²) in [7, 11) is 0. The van der Waals surface area contributed by atoms with Gasteiger partial charge in [0.1, 0.15) is 0 Å². The van der Waals surface area contributed by atoms with E-state index in [9.17, 15) is 0 Å². The van der Waals surface area contributed by atoms with Crippen LogP contribution in [0.25, 0.3) is 32.3 Å². The molecule has 0 bridgehead atoms. The first-order valence-electron chi connectivity index (χ1n) is 42.6. The molecule has 0 unspecified atom stereocenters. The number of allylic oxidation sites excluding steroid dienone is 12. The fourth-order valence-electron chi connectivity index (χ4n) is 14.4. The molecule has 0 saturated carbocycles. The Labute approximate surface area is 969 Å². The molecule has 12 rings (SSSR count). The van der Waals surface area contributed by atoms with E-state index in [0.29, 0.717) is 0 Å². The topological polar surface area (TPSA) is 21.3 Å². The maximum Gasteiger partial charge on any atom is 0.243 e. The molecular formula is C134H201Cl3IN4+. The molecule has 1 N–H and O–H groups in total. The third-order valence-corrected chi connectivity index (χ3v) is 21.6. The summed E-state index contributed by atoms with van der Waals surface area (Å²) in [5.41, 5.74) is 14.3. The van der Waals surface area contributed by atoms with Crippen LogP contribution < -0.4 is 34.2 Å². The molecule has 142 heavy (non-hydrogen) atoms. The zero-order valence-electron chi connectivity index (χ0n) is 77.8. The largest absolute Gasteiger partial charge is 1.00 e. The van der Waals surface area contributed by atoms with Gasteiger partial charge in [0.05, 0.1) is 28.4 Å². The van der Waals surface area contributed by atoms with Gasteiger partial charge in [0.25, 0.3) is 0 Å². The third-order valence-electron chi connectivity index (χ3n) is 20.6. The van der Waals surface area contributed by atoms with E-state index in [1.807, 2.05) is 56.7 Å². The molecule has 0 amide bonds. The van der Waals surface area contributed by atoms with Crippen molar-refractivity contribution in [2.75, 3.05) is 10.2 Å². The van der Waals surface area contributed by atoms with E-state index in [4.69, 9.17) is 42.5 Å². The monoisotopic (exact) mass is 2100 g/mol. The fourth-order valence-corrected chi connectivity index (χ4v) is 15.1. The Morgan fingerprint density at radius 3 is 1.07 bits per heavy atom. The van der Waals surface area contributed by atoms with Gasteiger partial charge in [-0.15, -0.1) is 40.8 Å². The second-order valence-corrected chi connectivity index (χ2v) is 30.9. The Kier molecular flexibility index (Phi) is 44.0. The molecular weight excluding hydrogens is 1900 g/mol. The van der Waals surface area contributed by atoms with Crippen molar-refractivity contribution in [3.63, 3.8) is 0 Å². The van der Waals surface area contributed by atoms with Crippen LogP contribution >= 0.6 is 35.6 Å². The summed E-state index contributed by atoms with van der Waals surface area (Å²) in [6.07, 6.45) is 33.2. The molecule has 0 radical (unpaired) electrons. The second kappa shape index (κ2) is 58.5. The van der Waals surface area contributed by atoms with Crippen molar-refractivity contribution >= 4 is 102 Å². The number of halogens is 4. The van der Waals surface area contributed by atoms with Crippen LogP contribution in [0.5, 0.6) is 0 Å². The first-order valence-corrected chi connectivity index (χ1v) is 43.4. The molecule has 0 spiro atoms. The molecule has 0 aromatic heterocycles. The molecule has 3 aliphatic heterocycles. The Hall–Kier alpha value is -20.5. The van der Waals surface area contributed by atoms with Crippen LogP contribution in [0.15, 0.2) is 221 Å². The number of para-hydroxylation sites is 1. The lowest BCUT2D eigenvalue weighted by Crippen LogP contribution is -3.00. The highest BCUT2D eigenvalue weighted by Gasteiger charge is 2.47. The van der Waals surface area contributed by atoms with Gasteiger partial charge < -0.3 is 29.3 Å². The standard InChI is InChI=1S/C82H36ClN2.C37H16N.C15H16ClN.ClH.HI.66H2/c1-7-9-11-13-15-17-19-21-23-25-27-29-31-33-35-37-39-41-43-49-66-84-74-62-58-68-52-45-47-56-72(68)78(74)81(3,4)76(84)64-60-70-54-51-55-71(80(70)83)61-65-77-82(5,6)79-73-57-48-46-53-69(73)59-63-75(79)85(77)67-50-44-42-40-38-36-34-32-30-28-26-24-22-20-18-16-14-12-10-8-2;1-5-6-7-8-9-10-11-12-13-14-15-16-17-18-19-20-21-22-23-26-31-38-32(2)37(3,4)36-34-28-25-24-27-33(34)29-30-35(36)38;1-2-12-7-6-8-13(15(12)16)11-17-14-9-4-3-5-10-14;;;;;;;;;;;;;;;;;;;;;;;;;;;;;;;;;;;;;;;;;;;;;;;;;;;;;;;;;;;;;;;;;;;;/h1-2,45-48,52-53,56-65H,51,54-55H2,3-6H3;1,24-25,27-30H,2-4H3;2-5,9-11,17H,1,6-8H2;68*1H/q2*+1;;;;;;;;;;;;;;;;;;;;;;;;;;;;;;;;;;;;;;;;;;;;;;;;;;;;;;;;;;;;;;;;;;;;;/p-1/b;;13-11+;;;;;;;;;;;;;;;;;;;;;;;;;;;;;;;;;;;;;;;;;;;;;;;;;;;;;;;;;;;;;;;;;;;;. The Morgan fingerprint density at radius 2 is 0.669 bits per heavy atom. The number of fused-ring (bicyclic) bond motifs is 9. The predicted octanol–water partition coefficient (Wildman–Crippen LogP) is 32.8. The number of rotatable bonds is 6. The van der Waals surface area contributed by atoms with E-state index in [1.165, 1.54) is 27.5 Å². The minimum absolute atomic E-state index is 0. The molecule has 7 aromatic rings. The van der Waals surface area contributed by atoms with Crippen LogP contribution in [0.2, 0.25) is 0 Å². The van der Waals surface area contributed by atoms with E-state index in [2.05, 4.69) is 567 Å². The maximum absolute atomic E-state index is 7.41. The van der Waals surface area contributed by atoms with E-state index in [1.54, 1.807) is 0 Å². The first-order chi connectivity index (χ1) is 68.6. The minimum atomic E-state index is -0.436. The predicted molar refractivity (Wildman–Crippen MR) is 723 cm³/mol. The summed E-state index contributed by atoms with van der Waals surface area (Å²) in [5, 5.41) is 11.9. The molecule has 0 saturated heterocycles. The quantitative estimate of drug-likeness (QED) is 0.102. The van der Waals surface area contributed by atoms with Gasteiger partial charge in [0, 0.05) is 371 Å². The van der Waals surface area contributed by atoms with Crippen LogP contribution in [-0.2, 0) is 16.2 Å². The van der Waals surface area contributed by atoms with Crippen LogP contribution in [0.4, 0.5) is 22.7 Å². The molecule has 0 fully saturated rings. The number of anilines is 2. The van der Waals surface area contributed by atoms with Gasteiger partial charge in [-0.2, -0.15) is 0 Å². The number of nitrogens with zero attached hydrogens (tertiary/aromatic N) is 3. The Bertz CT molecular complexity index is 9300.